The summed E-state index contributed by atoms with van der Waals surface area (Å²) in [6.07, 6.45) is 5.98. The standard InChI is InChI=1S/C23H26N4O5S/c1-3-4-5-16-32-19-10-6-17(7-11-19)22(28)26-18-8-12-20(13-9-18)33(29,30)27-21-23(31-2)25-15-14-24-21/h6-15H,3-5,16H2,1-2H3,(H,24,27)(H,26,28). The third-order valence-corrected chi connectivity index (χ3v) is 6.00. The number of anilines is 2. The van der Waals surface area contributed by atoms with Crippen molar-refractivity contribution in [1.82, 2.24) is 9.97 Å². The first-order valence-corrected chi connectivity index (χ1v) is 11.9. The summed E-state index contributed by atoms with van der Waals surface area (Å²) in [5, 5.41) is 2.75. The molecular formula is C23H26N4O5S. The van der Waals surface area contributed by atoms with Crippen molar-refractivity contribution in [3.8, 4) is 11.6 Å². The van der Waals surface area contributed by atoms with Crippen LogP contribution in [0.5, 0.6) is 11.6 Å². The van der Waals surface area contributed by atoms with Crippen molar-refractivity contribution in [3.05, 3.63) is 66.5 Å². The molecule has 2 aromatic carbocycles. The Balaban J connectivity index is 1.61. The van der Waals surface area contributed by atoms with Gasteiger partial charge in [0.15, 0.2) is 0 Å². The Bertz CT molecular complexity index is 1170. The predicted octanol–water partition coefficient (Wildman–Crippen LogP) is 4.11. The van der Waals surface area contributed by atoms with Gasteiger partial charge < -0.3 is 14.8 Å². The molecule has 10 heteroatoms. The lowest BCUT2D eigenvalue weighted by Crippen LogP contribution is -2.15. The second-order valence-electron chi connectivity index (χ2n) is 7.08. The van der Waals surface area contributed by atoms with Gasteiger partial charge in [-0.15, -0.1) is 0 Å². The van der Waals surface area contributed by atoms with E-state index in [4.69, 9.17) is 9.47 Å². The lowest BCUT2D eigenvalue weighted by Gasteiger charge is -2.11. The van der Waals surface area contributed by atoms with E-state index in [0.29, 0.717) is 23.6 Å². The zero-order valence-electron chi connectivity index (χ0n) is 18.4. The molecule has 1 amide bonds. The van der Waals surface area contributed by atoms with Crippen LogP contribution in [0.4, 0.5) is 11.5 Å². The molecule has 0 bridgehead atoms. The molecule has 0 aliphatic carbocycles. The molecule has 0 saturated heterocycles. The lowest BCUT2D eigenvalue weighted by atomic mass is 10.2. The number of sulfonamides is 1. The highest BCUT2D eigenvalue weighted by Gasteiger charge is 2.18. The highest BCUT2D eigenvalue weighted by atomic mass is 32.2. The predicted molar refractivity (Wildman–Crippen MR) is 125 cm³/mol. The maximum Gasteiger partial charge on any atom is 0.263 e. The molecule has 0 radical (unpaired) electrons. The highest BCUT2D eigenvalue weighted by Crippen LogP contribution is 2.22. The second-order valence-corrected chi connectivity index (χ2v) is 8.76. The number of aromatic nitrogens is 2. The Kier molecular flexibility index (Phi) is 8.20. The number of nitrogens with one attached hydrogen (secondary N) is 2. The van der Waals surface area contributed by atoms with Crippen LogP contribution in [0.1, 0.15) is 36.5 Å². The molecule has 0 spiro atoms. The average Bonchev–Trinajstić information content (AvgIpc) is 2.82. The Hall–Kier alpha value is -3.66. The van der Waals surface area contributed by atoms with Crippen LogP contribution in [0, 0.1) is 0 Å². The number of unbranched alkanes of at least 4 members (excludes halogenated alkanes) is 2. The summed E-state index contributed by atoms with van der Waals surface area (Å²) in [5.74, 6) is 0.438. The third kappa shape index (κ3) is 6.66. The Morgan fingerprint density at radius 3 is 2.33 bits per heavy atom. The summed E-state index contributed by atoms with van der Waals surface area (Å²) in [6.45, 7) is 2.78. The monoisotopic (exact) mass is 470 g/mol. The van der Waals surface area contributed by atoms with E-state index >= 15 is 0 Å². The molecule has 3 aromatic rings. The Labute approximate surface area is 193 Å². The van der Waals surface area contributed by atoms with Gasteiger partial charge in [-0.2, -0.15) is 0 Å². The number of carbonyl (C=O) groups excluding carboxylic acids is 1. The number of amides is 1. The van der Waals surface area contributed by atoms with E-state index in [2.05, 4.69) is 26.9 Å². The number of hydrogen-bond acceptors (Lipinski definition) is 7. The van der Waals surface area contributed by atoms with Crippen LogP contribution in [0.25, 0.3) is 0 Å². The number of carbonyl (C=O) groups is 1. The van der Waals surface area contributed by atoms with Crippen LogP contribution in [0.3, 0.4) is 0 Å². The first kappa shape index (κ1) is 24.0. The molecule has 33 heavy (non-hydrogen) atoms. The maximum atomic E-state index is 12.6. The summed E-state index contributed by atoms with van der Waals surface area (Å²) in [6, 6.07) is 12.6. The summed E-state index contributed by atoms with van der Waals surface area (Å²) in [7, 11) is -2.55. The summed E-state index contributed by atoms with van der Waals surface area (Å²) in [4.78, 5) is 20.4. The highest BCUT2D eigenvalue weighted by molar-refractivity contribution is 7.92. The molecule has 0 aliphatic heterocycles. The van der Waals surface area contributed by atoms with Crippen molar-refractivity contribution < 1.29 is 22.7 Å². The molecule has 0 saturated carbocycles. The van der Waals surface area contributed by atoms with Crippen molar-refractivity contribution in [2.24, 2.45) is 0 Å². The molecule has 174 valence electrons. The quantitative estimate of drug-likeness (QED) is 0.405. The van der Waals surface area contributed by atoms with Crippen LogP contribution < -0.4 is 19.5 Å². The first-order valence-electron chi connectivity index (χ1n) is 10.4. The molecule has 1 heterocycles. The van der Waals surface area contributed by atoms with Gasteiger partial charge in [0.1, 0.15) is 5.75 Å². The van der Waals surface area contributed by atoms with E-state index < -0.39 is 10.0 Å². The minimum absolute atomic E-state index is 0.00206. The van der Waals surface area contributed by atoms with Crippen molar-refractivity contribution in [3.63, 3.8) is 0 Å². The van der Waals surface area contributed by atoms with Gasteiger partial charge in [0.05, 0.1) is 18.6 Å². The molecule has 1 aromatic heterocycles. The van der Waals surface area contributed by atoms with E-state index in [0.717, 1.165) is 19.3 Å². The van der Waals surface area contributed by atoms with Crippen LogP contribution in [0.2, 0.25) is 0 Å². The van der Waals surface area contributed by atoms with Gasteiger partial charge in [-0.3, -0.25) is 9.52 Å². The van der Waals surface area contributed by atoms with Crippen molar-refractivity contribution in [2.75, 3.05) is 23.8 Å². The molecule has 3 rings (SSSR count). The second kappa shape index (κ2) is 11.3. The molecule has 2 N–H and O–H groups in total. The molecule has 0 fully saturated rings. The summed E-state index contributed by atoms with van der Waals surface area (Å²) >= 11 is 0. The number of nitrogens with zero attached hydrogens (tertiary/aromatic N) is 2. The van der Waals surface area contributed by atoms with Crippen molar-refractivity contribution in [2.45, 2.75) is 31.1 Å². The fourth-order valence-corrected chi connectivity index (χ4v) is 3.90. The normalized spacial score (nSPS) is 11.0. The van der Waals surface area contributed by atoms with Gasteiger partial charge in [0.2, 0.25) is 5.82 Å². The van der Waals surface area contributed by atoms with Crippen molar-refractivity contribution >= 4 is 27.4 Å². The fraction of sp³-hybridized carbons (Fsp3) is 0.261. The molecular weight excluding hydrogens is 444 g/mol. The number of ether oxygens (including phenoxy) is 2. The Morgan fingerprint density at radius 1 is 0.970 bits per heavy atom. The van der Waals surface area contributed by atoms with Crippen LogP contribution in [-0.4, -0.2) is 38.0 Å². The first-order chi connectivity index (χ1) is 15.9. The molecule has 0 unspecified atom stereocenters. The zero-order valence-corrected chi connectivity index (χ0v) is 19.3. The van der Waals surface area contributed by atoms with Gasteiger partial charge >= 0.3 is 0 Å². The van der Waals surface area contributed by atoms with Crippen LogP contribution in [-0.2, 0) is 10.0 Å². The Morgan fingerprint density at radius 2 is 1.67 bits per heavy atom. The number of benzene rings is 2. The third-order valence-electron chi connectivity index (χ3n) is 4.64. The van der Waals surface area contributed by atoms with Gasteiger partial charge in [0.25, 0.3) is 21.8 Å². The topological polar surface area (TPSA) is 120 Å². The molecule has 0 aliphatic rings. The van der Waals surface area contributed by atoms with E-state index in [-0.39, 0.29) is 22.5 Å². The zero-order chi connectivity index (χ0) is 23.7. The minimum Gasteiger partial charge on any atom is -0.494 e. The average molecular weight is 471 g/mol. The number of hydrogen-bond donors (Lipinski definition) is 2. The summed E-state index contributed by atoms with van der Waals surface area (Å²) < 4.78 is 38.3. The minimum atomic E-state index is -3.92. The molecule has 0 atom stereocenters. The lowest BCUT2D eigenvalue weighted by molar-refractivity contribution is 0.102. The van der Waals surface area contributed by atoms with Gasteiger partial charge in [0, 0.05) is 23.6 Å². The number of rotatable bonds is 11. The van der Waals surface area contributed by atoms with Gasteiger partial charge in [-0.1, -0.05) is 19.8 Å². The van der Waals surface area contributed by atoms with E-state index in [1.807, 2.05) is 0 Å². The van der Waals surface area contributed by atoms with Crippen LogP contribution in [0.15, 0.2) is 65.8 Å². The number of methoxy groups -OCH3 is 1. The SMILES string of the molecule is CCCCCOc1ccc(C(=O)Nc2ccc(S(=O)(=O)Nc3nccnc3OC)cc2)cc1. The summed E-state index contributed by atoms with van der Waals surface area (Å²) in [5.41, 5.74) is 0.917. The van der Waals surface area contributed by atoms with Crippen molar-refractivity contribution in [1.29, 1.82) is 0 Å². The maximum absolute atomic E-state index is 12.6. The van der Waals surface area contributed by atoms with E-state index in [1.54, 1.807) is 24.3 Å². The van der Waals surface area contributed by atoms with Crippen LogP contribution >= 0.6 is 0 Å². The van der Waals surface area contributed by atoms with Gasteiger partial charge in [-0.25, -0.2) is 18.4 Å². The van der Waals surface area contributed by atoms with E-state index in [9.17, 15) is 13.2 Å². The smallest absolute Gasteiger partial charge is 0.263 e. The van der Waals surface area contributed by atoms with Gasteiger partial charge in [-0.05, 0) is 55.0 Å². The van der Waals surface area contributed by atoms with E-state index in [1.165, 1.54) is 43.8 Å². The largest absolute Gasteiger partial charge is 0.494 e. The molecule has 9 nitrogen and oxygen atoms in total. The fourth-order valence-electron chi connectivity index (χ4n) is 2.90.